The van der Waals surface area contributed by atoms with Crippen molar-refractivity contribution >= 4 is 28.2 Å². The topological polar surface area (TPSA) is 80.0 Å². The van der Waals surface area contributed by atoms with Gasteiger partial charge in [-0.2, -0.15) is 13.9 Å². The Morgan fingerprint density at radius 3 is 2.82 bits per heavy atom. The molecular weight excluding hydrogens is 294 g/mol. The zero-order chi connectivity index (χ0) is 15.9. The molecule has 6 nitrogen and oxygen atoms in total. The van der Waals surface area contributed by atoms with Gasteiger partial charge in [0.25, 0.3) is 5.95 Å². The van der Waals surface area contributed by atoms with Crippen LogP contribution in [-0.2, 0) is 7.05 Å². The lowest BCUT2D eigenvalue weighted by Crippen LogP contribution is -2.08. The molecule has 0 unspecified atom stereocenters. The number of carboxylic acid groups (broad SMARTS) is 1. The van der Waals surface area contributed by atoms with Crippen LogP contribution in [0.3, 0.4) is 0 Å². The fourth-order valence-corrected chi connectivity index (χ4v) is 2.11. The molecule has 0 saturated heterocycles. The van der Waals surface area contributed by atoms with E-state index >= 15 is 0 Å². The molecule has 0 aliphatic carbocycles. The van der Waals surface area contributed by atoms with E-state index in [1.54, 1.807) is 36.1 Å². The summed E-state index contributed by atoms with van der Waals surface area (Å²) in [4.78, 5) is 14.2. The summed E-state index contributed by atoms with van der Waals surface area (Å²) in [7, 11) is 1.74. The minimum atomic E-state index is -1.41. The van der Waals surface area contributed by atoms with E-state index in [0.29, 0.717) is 5.69 Å². The van der Waals surface area contributed by atoms with Crippen LogP contribution in [0.25, 0.3) is 10.9 Å². The zero-order valence-electron chi connectivity index (χ0n) is 11.3. The van der Waals surface area contributed by atoms with Gasteiger partial charge in [-0.15, -0.1) is 0 Å². The molecule has 0 radical (unpaired) electrons. The summed E-state index contributed by atoms with van der Waals surface area (Å²) in [6.07, 6.45) is 2.43. The third-order valence-corrected chi connectivity index (χ3v) is 3.23. The number of pyridine rings is 1. The molecule has 0 spiro atoms. The molecule has 1 aromatic carbocycles. The van der Waals surface area contributed by atoms with Crippen molar-refractivity contribution in [3.63, 3.8) is 0 Å². The van der Waals surface area contributed by atoms with Crippen molar-refractivity contribution in [1.82, 2.24) is 14.8 Å². The molecule has 0 aliphatic heterocycles. The molecule has 0 aliphatic rings. The summed E-state index contributed by atoms with van der Waals surface area (Å²) in [5.41, 5.74) is 0.241. The van der Waals surface area contributed by atoms with Crippen molar-refractivity contribution in [2.24, 2.45) is 7.05 Å². The Morgan fingerprint density at radius 2 is 2.09 bits per heavy atom. The first-order chi connectivity index (χ1) is 10.5. The predicted octanol–water partition coefficient (Wildman–Crippen LogP) is 2.69. The van der Waals surface area contributed by atoms with Gasteiger partial charge in [0, 0.05) is 24.3 Å². The number of carbonyl (C=O) groups is 1. The van der Waals surface area contributed by atoms with Crippen LogP contribution in [0.4, 0.5) is 20.2 Å². The van der Waals surface area contributed by atoms with Gasteiger partial charge in [0.15, 0.2) is 0 Å². The standard InChI is InChI=1S/C14H10F2N4O2/c1-20-10-4-8(3-2-7(10)5-18-20)19-12-9(14(21)22)6-17-13(16)11(12)15/h2-6H,1H3,(H,17,19)(H,21,22). The minimum Gasteiger partial charge on any atom is -0.478 e. The molecule has 2 N–H and O–H groups in total. The number of hydrogen-bond acceptors (Lipinski definition) is 4. The van der Waals surface area contributed by atoms with Gasteiger partial charge < -0.3 is 10.4 Å². The van der Waals surface area contributed by atoms with E-state index in [9.17, 15) is 13.6 Å². The Kier molecular flexibility index (Phi) is 3.21. The van der Waals surface area contributed by atoms with Gasteiger partial charge in [0.05, 0.1) is 17.4 Å². The number of anilines is 2. The number of halogens is 2. The van der Waals surface area contributed by atoms with E-state index in [1.807, 2.05) is 0 Å². The molecule has 0 saturated carbocycles. The average molecular weight is 304 g/mol. The normalized spacial score (nSPS) is 10.9. The summed E-state index contributed by atoms with van der Waals surface area (Å²) >= 11 is 0. The van der Waals surface area contributed by atoms with Crippen molar-refractivity contribution in [3.8, 4) is 0 Å². The van der Waals surface area contributed by atoms with Crippen LogP contribution >= 0.6 is 0 Å². The molecule has 0 bridgehead atoms. The summed E-state index contributed by atoms with van der Waals surface area (Å²) in [6.45, 7) is 0. The van der Waals surface area contributed by atoms with Gasteiger partial charge in [-0.25, -0.2) is 9.78 Å². The molecule has 0 fully saturated rings. The van der Waals surface area contributed by atoms with E-state index in [-0.39, 0.29) is 0 Å². The Labute approximate surface area is 123 Å². The van der Waals surface area contributed by atoms with E-state index in [4.69, 9.17) is 5.11 Å². The number of fused-ring (bicyclic) bond motifs is 1. The Balaban J connectivity index is 2.09. The quantitative estimate of drug-likeness (QED) is 0.727. The predicted molar refractivity (Wildman–Crippen MR) is 75.1 cm³/mol. The molecule has 2 heterocycles. The first-order valence-electron chi connectivity index (χ1n) is 6.23. The smallest absolute Gasteiger partial charge is 0.339 e. The van der Waals surface area contributed by atoms with E-state index in [2.05, 4.69) is 15.4 Å². The van der Waals surface area contributed by atoms with Crippen LogP contribution in [0.2, 0.25) is 0 Å². The fraction of sp³-hybridized carbons (Fsp3) is 0.0714. The van der Waals surface area contributed by atoms with Gasteiger partial charge in [0.1, 0.15) is 5.56 Å². The van der Waals surface area contributed by atoms with Crippen molar-refractivity contribution in [1.29, 1.82) is 0 Å². The Hall–Kier alpha value is -3.03. The van der Waals surface area contributed by atoms with Crippen LogP contribution in [-0.4, -0.2) is 25.8 Å². The van der Waals surface area contributed by atoms with Gasteiger partial charge in [-0.1, -0.05) is 0 Å². The van der Waals surface area contributed by atoms with Crippen molar-refractivity contribution < 1.29 is 18.7 Å². The number of aromatic nitrogens is 3. The SMILES string of the molecule is Cn1ncc2ccc(Nc3c(C(=O)O)cnc(F)c3F)cc21. The van der Waals surface area contributed by atoms with Crippen molar-refractivity contribution in [2.45, 2.75) is 0 Å². The maximum absolute atomic E-state index is 13.9. The maximum Gasteiger partial charge on any atom is 0.339 e. The molecule has 112 valence electrons. The summed E-state index contributed by atoms with van der Waals surface area (Å²) in [5.74, 6) is -4.12. The largest absolute Gasteiger partial charge is 0.478 e. The molecule has 22 heavy (non-hydrogen) atoms. The second-order valence-electron chi connectivity index (χ2n) is 4.62. The molecule has 2 aromatic heterocycles. The number of benzene rings is 1. The highest BCUT2D eigenvalue weighted by molar-refractivity contribution is 5.95. The minimum absolute atomic E-state index is 0.406. The van der Waals surface area contributed by atoms with Crippen LogP contribution < -0.4 is 5.32 Å². The number of rotatable bonds is 3. The summed E-state index contributed by atoms with van der Waals surface area (Å²) in [6, 6.07) is 5.01. The molecule has 3 aromatic rings. The lowest BCUT2D eigenvalue weighted by molar-refractivity contribution is 0.0697. The number of carboxylic acids is 1. The monoisotopic (exact) mass is 304 g/mol. The van der Waals surface area contributed by atoms with Gasteiger partial charge in [0.2, 0.25) is 5.82 Å². The highest BCUT2D eigenvalue weighted by Crippen LogP contribution is 2.27. The van der Waals surface area contributed by atoms with Crippen molar-refractivity contribution in [3.05, 3.63) is 47.9 Å². The molecule has 3 rings (SSSR count). The van der Waals surface area contributed by atoms with E-state index in [0.717, 1.165) is 17.1 Å². The summed E-state index contributed by atoms with van der Waals surface area (Å²) in [5, 5.41) is 16.6. The highest BCUT2D eigenvalue weighted by atomic mass is 19.2. The number of aryl methyl sites for hydroxylation is 1. The molecular formula is C14H10F2N4O2. The maximum atomic E-state index is 13.9. The van der Waals surface area contributed by atoms with Gasteiger partial charge in [-0.3, -0.25) is 4.68 Å². The molecule has 0 atom stereocenters. The lowest BCUT2D eigenvalue weighted by atomic mass is 10.2. The number of nitrogens with zero attached hydrogens (tertiary/aromatic N) is 3. The first kappa shape index (κ1) is 13.9. The zero-order valence-corrected chi connectivity index (χ0v) is 11.3. The second-order valence-corrected chi connectivity index (χ2v) is 4.62. The van der Waals surface area contributed by atoms with Crippen LogP contribution in [0.15, 0.2) is 30.6 Å². The van der Waals surface area contributed by atoms with Crippen molar-refractivity contribution in [2.75, 3.05) is 5.32 Å². The highest BCUT2D eigenvalue weighted by Gasteiger charge is 2.19. The third-order valence-electron chi connectivity index (χ3n) is 3.23. The lowest BCUT2D eigenvalue weighted by Gasteiger charge is -2.11. The Morgan fingerprint density at radius 1 is 1.32 bits per heavy atom. The number of hydrogen-bond donors (Lipinski definition) is 2. The summed E-state index contributed by atoms with van der Waals surface area (Å²) < 4.78 is 28.7. The van der Waals surface area contributed by atoms with E-state index < -0.39 is 29.0 Å². The average Bonchev–Trinajstić information content (AvgIpc) is 2.85. The fourth-order valence-electron chi connectivity index (χ4n) is 2.11. The molecule has 0 amide bonds. The van der Waals surface area contributed by atoms with Crippen LogP contribution in [0.1, 0.15) is 10.4 Å². The van der Waals surface area contributed by atoms with Crippen LogP contribution in [0, 0.1) is 11.8 Å². The first-order valence-corrected chi connectivity index (χ1v) is 6.23. The third kappa shape index (κ3) is 2.24. The number of aromatic carboxylic acids is 1. The van der Waals surface area contributed by atoms with E-state index in [1.165, 1.54) is 0 Å². The van der Waals surface area contributed by atoms with Gasteiger partial charge in [-0.05, 0) is 18.2 Å². The van der Waals surface area contributed by atoms with Gasteiger partial charge >= 0.3 is 5.97 Å². The van der Waals surface area contributed by atoms with Crippen LogP contribution in [0.5, 0.6) is 0 Å². The second kappa shape index (κ2) is 5.06. The Bertz CT molecular complexity index is 892. The molecule has 8 heteroatoms. The number of nitrogens with one attached hydrogen (secondary N) is 1.